The van der Waals surface area contributed by atoms with E-state index in [1.165, 1.54) is 6.07 Å². The summed E-state index contributed by atoms with van der Waals surface area (Å²) >= 11 is 2.01. The van der Waals surface area contributed by atoms with Crippen molar-refractivity contribution >= 4 is 28.5 Å². The molecule has 0 unspecified atom stereocenters. The van der Waals surface area contributed by atoms with Gasteiger partial charge in [-0.1, -0.05) is 24.3 Å². The first kappa shape index (κ1) is 14.8. The van der Waals surface area contributed by atoms with Gasteiger partial charge in [-0.15, -0.1) is 0 Å². The number of benzene rings is 2. The van der Waals surface area contributed by atoms with Gasteiger partial charge in [0.05, 0.1) is 3.57 Å². The van der Waals surface area contributed by atoms with Gasteiger partial charge in [-0.3, -0.25) is 4.79 Å². The number of phenols is 1. The van der Waals surface area contributed by atoms with Gasteiger partial charge in [0.25, 0.3) is 5.91 Å². The van der Waals surface area contributed by atoms with Crippen LogP contribution >= 0.6 is 22.6 Å². The highest BCUT2D eigenvalue weighted by Gasteiger charge is 2.08. The van der Waals surface area contributed by atoms with E-state index in [-0.39, 0.29) is 11.7 Å². The zero-order chi connectivity index (χ0) is 14.5. The number of halogens is 1. The van der Waals surface area contributed by atoms with E-state index in [2.05, 4.69) is 5.32 Å². The molecule has 0 heterocycles. The molecule has 0 saturated carbocycles. The third-order valence-electron chi connectivity index (χ3n) is 2.99. The van der Waals surface area contributed by atoms with E-state index in [9.17, 15) is 9.90 Å². The number of hydrogen-bond acceptors (Lipinski definition) is 3. The van der Waals surface area contributed by atoms with Crippen molar-refractivity contribution in [1.29, 1.82) is 0 Å². The third-order valence-corrected chi connectivity index (χ3v) is 3.90. The lowest BCUT2D eigenvalue weighted by Crippen LogP contribution is -2.23. The van der Waals surface area contributed by atoms with Crippen LogP contribution in [0.25, 0.3) is 0 Å². The fourth-order valence-corrected chi connectivity index (χ4v) is 2.20. The van der Waals surface area contributed by atoms with Gasteiger partial charge in [0.1, 0.15) is 5.75 Å². The van der Waals surface area contributed by atoms with Crippen LogP contribution in [-0.2, 0) is 13.1 Å². The predicted octanol–water partition coefficient (Wildman–Crippen LogP) is 2.39. The van der Waals surface area contributed by atoms with Crippen LogP contribution in [0, 0.1) is 3.57 Å². The van der Waals surface area contributed by atoms with Gasteiger partial charge in [-0.25, -0.2) is 0 Å². The number of nitrogens with one attached hydrogen (secondary N) is 1. The molecule has 2 aromatic rings. The normalized spacial score (nSPS) is 10.3. The van der Waals surface area contributed by atoms with Crippen molar-refractivity contribution in [1.82, 2.24) is 5.32 Å². The lowest BCUT2D eigenvalue weighted by Gasteiger charge is -2.09. The SMILES string of the molecule is NCc1ccccc1CNC(=O)c1ccc(I)c(O)c1. The molecule has 4 N–H and O–H groups in total. The van der Waals surface area contributed by atoms with Gasteiger partial charge in [-0.2, -0.15) is 0 Å². The van der Waals surface area contributed by atoms with Gasteiger partial charge < -0.3 is 16.2 Å². The Morgan fingerprint density at radius 3 is 2.55 bits per heavy atom. The summed E-state index contributed by atoms with van der Waals surface area (Å²) in [7, 11) is 0. The van der Waals surface area contributed by atoms with Crippen LogP contribution in [0.5, 0.6) is 5.75 Å². The largest absolute Gasteiger partial charge is 0.507 e. The van der Waals surface area contributed by atoms with Crippen LogP contribution in [0.3, 0.4) is 0 Å². The van der Waals surface area contributed by atoms with Crippen molar-refractivity contribution in [3.63, 3.8) is 0 Å². The third kappa shape index (κ3) is 3.49. The maximum Gasteiger partial charge on any atom is 0.251 e. The van der Waals surface area contributed by atoms with Crippen molar-refractivity contribution in [2.45, 2.75) is 13.1 Å². The molecule has 0 aromatic heterocycles. The molecule has 0 atom stereocenters. The number of carbonyl (C=O) groups excluding carboxylic acids is 1. The van der Waals surface area contributed by atoms with Crippen LogP contribution < -0.4 is 11.1 Å². The van der Waals surface area contributed by atoms with Crippen LogP contribution in [0.1, 0.15) is 21.5 Å². The van der Waals surface area contributed by atoms with Crippen molar-refractivity contribution in [2.75, 3.05) is 0 Å². The highest BCUT2D eigenvalue weighted by Crippen LogP contribution is 2.20. The summed E-state index contributed by atoms with van der Waals surface area (Å²) in [6, 6.07) is 12.6. The minimum absolute atomic E-state index is 0.112. The van der Waals surface area contributed by atoms with E-state index in [0.717, 1.165) is 11.1 Å². The number of hydrogen-bond donors (Lipinski definition) is 3. The van der Waals surface area contributed by atoms with Crippen molar-refractivity contribution in [3.05, 3.63) is 62.7 Å². The Balaban J connectivity index is 2.06. The standard InChI is InChI=1S/C15H15IN2O2/c16-13-6-5-10(7-14(13)19)15(20)18-9-12-4-2-1-3-11(12)8-17/h1-7,19H,8-9,17H2,(H,18,20). The number of amides is 1. The molecule has 5 heteroatoms. The summed E-state index contributed by atoms with van der Waals surface area (Å²) in [6.45, 7) is 0.856. The number of carbonyl (C=O) groups is 1. The molecule has 2 aromatic carbocycles. The monoisotopic (exact) mass is 382 g/mol. The van der Waals surface area contributed by atoms with E-state index in [0.29, 0.717) is 22.2 Å². The second-order valence-electron chi connectivity index (χ2n) is 4.32. The first-order chi connectivity index (χ1) is 9.61. The van der Waals surface area contributed by atoms with Crippen LogP contribution in [0.4, 0.5) is 0 Å². The van der Waals surface area contributed by atoms with Crippen molar-refractivity contribution in [3.8, 4) is 5.75 Å². The summed E-state index contributed by atoms with van der Waals surface area (Å²) in [5, 5.41) is 12.4. The Bertz CT molecular complexity index is 629. The molecule has 0 radical (unpaired) electrons. The Labute approximate surface area is 131 Å². The lowest BCUT2D eigenvalue weighted by molar-refractivity contribution is 0.0950. The molecule has 1 amide bonds. The average Bonchev–Trinajstić information content (AvgIpc) is 2.47. The second-order valence-corrected chi connectivity index (χ2v) is 5.48. The summed E-state index contributed by atoms with van der Waals surface area (Å²) in [5.41, 5.74) is 8.11. The Morgan fingerprint density at radius 1 is 1.20 bits per heavy atom. The molecule has 2 rings (SSSR count). The molecule has 0 fully saturated rings. The predicted molar refractivity (Wildman–Crippen MR) is 86.3 cm³/mol. The molecule has 4 nitrogen and oxygen atoms in total. The highest BCUT2D eigenvalue weighted by molar-refractivity contribution is 14.1. The van der Waals surface area contributed by atoms with Crippen molar-refractivity contribution in [2.24, 2.45) is 5.73 Å². The number of aromatic hydroxyl groups is 1. The molecule has 0 spiro atoms. The van der Waals surface area contributed by atoms with Gasteiger partial charge in [-0.05, 0) is 51.9 Å². The van der Waals surface area contributed by atoms with Gasteiger partial charge in [0, 0.05) is 18.7 Å². The van der Waals surface area contributed by atoms with Crippen LogP contribution in [0.15, 0.2) is 42.5 Å². The summed E-state index contributed by atoms with van der Waals surface area (Å²) in [5.74, 6) is -0.107. The zero-order valence-electron chi connectivity index (χ0n) is 10.8. The lowest BCUT2D eigenvalue weighted by atomic mass is 10.1. The zero-order valence-corrected chi connectivity index (χ0v) is 12.9. The highest BCUT2D eigenvalue weighted by atomic mass is 127. The molecule has 104 valence electrons. The van der Waals surface area contributed by atoms with E-state index < -0.39 is 0 Å². The molecule has 0 saturated heterocycles. The fraction of sp³-hybridized carbons (Fsp3) is 0.133. The maximum atomic E-state index is 12.0. The van der Waals surface area contributed by atoms with E-state index >= 15 is 0 Å². The molecule has 0 aliphatic heterocycles. The topological polar surface area (TPSA) is 75.3 Å². The van der Waals surface area contributed by atoms with Gasteiger partial charge >= 0.3 is 0 Å². The van der Waals surface area contributed by atoms with E-state index in [1.807, 2.05) is 46.9 Å². The second kappa shape index (κ2) is 6.71. The van der Waals surface area contributed by atoms with Gasteiger partial charge in [0.15, 0.2) is 0 Å². The molecule has 0 aliphatic carbocycles. The van der Waals surface area contributed by atoms with Crippen LogP contribution in [0.2, 0.25) is 0 Å². The quantitative estimate of drug-likeness (QED) is 0.711. The Morgan fingerprint density at radius 2 is 1.90 bits per heavy atom. The van der Waals surface area contributed by atoms with Crippen LogP contribution in [-0.4, -0.2) is 11.0 Å². The van der Waals surface area contributed by atoms with E-state index in [4.69, 9.17) is 5.73 Å². The number of phenolic OH excluding ortho intramolecular Hbond substituents is 1. The summed E-state index contributed by atoms with van der Waals surface area (Å²) in [6.07, 6.45) is 0. The average molecular weight is 382 g/mol. The molecule has 0 aliphatic rings. The summed E-state index contributed by atoms with van der Waals surface area (Å²) < 4.78 is 0.715. The molecule has 0 bridgehead atoms. The molecule has 20 heavy (non-hydrogen) atoms. The van der Waals surface area contributed by atoms with E-state index in [1.54, 1.807) is 12.1 Å². The summed E-state index contributed by atoms with van der Waals surface area (Å²) in [4.78, 5) is 12.0. The Hall–Kier alpha value is -1.60. The molecular formula is C15H15IN2O2. The number of rotatable bonds is 4. The minimum Gasteiger partial charge on any atom is -0.507 e. The first-order valence-electron chi connectivity index (χ1n) is 6.15. The number of nitrogens with two attached hydrogens (primary N) is 1. The van der Waals surface area contributed by atoms with Crippen molar-refractivity contribution < 1.29 is 9.90 Å². The minimum atomic E-state index is -0.219. The first-order valence-corrected chi connectivity index (χ1v) is 7.23. The fourth-order valence-electron chi connectivity index (χ4n) is 1.86. The Kier molecular flexibility index (Phi) is 4.97. The maximum absolute atomic E-state index is 12.0. The molecular weight excluding hydrogens is 367 g/mol. The smallest absolute Gasteiger partial charge is 0.251 e. The van der Waals surface area contributed by atoms with Gasteiger partial charge in [0.2, 0.25) is 0 Å².